The lowest BCUT2D eigenvalue weighted by molar-refractivity contribution is 0.248. The Hall–Kier alpha value is -1.06. The number of hydrogen-bond donors (Lipinski definition) is 2. The lowest BCUT2D eigenvalue weighted by Gasteiger charge is -1.99. The SMILES string of the molecule is C[C@@H]([C]=O)NC(N)=O. The molecule has 8 heavy (non-hydrogen) atoms. The quantitative estimate of drug-likeness (QED) is 0.492. The van der Waals surface area contributed by atoms with Crippen molar-refractivity contribution < 1.29 is 9.59 Å². The average Bonchev–Trinajstić information content (AvgIpc) is 1.65. The van der Waals surface area contributed by atoms with Crippen LogP contribution < -0.4 is 11.1 Å². The minimum absolute atomic E-state index is 0.604. The highest BCUT2D eigenvalue weighted by molar-refractivity contribution is 5.76. The molecule has 1 atom stereocenters. The van der Waals surface area contributed by atoms with E-state index in [1.165, 1.54) is 13.2 Å². The van der Waals surface area contributed by atoms with Crippen molar-refractivity contribution in [2.75, 3.05) is 0 Å². The van der Waals surface area contributed by atoms with E-state index >= 15 is 0 Å². The number of carbonyl (C=O) groups is 1. The van der Waals surface area contributed by atoms with Gasteiger partial charge < -0.3 is 11.1 Å². The van der Waals surface area contributed by atoms with Crippen molar-refractivity contribution in [1.29, 1.82) is 0 Å². The second-order valence-corrected chi connectivity index (χ2v) is 1.35. The van der Waals surface area contributed by atoms with Crippen molar-refractivity contribution in [3.63, 3.8) is 0 Å². The van der Waals surface area contributed by atoms with Gasteiger partial charge in [-0.2, -0.15) is 0 Å². The van der Waals surface area contributed by atoms with Gasteiger partial charge in [-0.15, -0.1) is 0 Å². The van der Waals surface area contributed by atoms with E-state index < -0.39 is 12.1 Å². The molecule has 45 valence electrons. The van der Waals surface area contributed by atoms with Crippen LogP contribution in [0.5, 0.6) is 0 Å². The van der Waals surface area contributed by atoms with Crippen LogP contribution in [0.15, 0.2) is 0 Å². The molecule has 0 aliphatic rings. The maximum absolute atomic E-state index is 9.90. The first-order chi connectivity index (χ1) is 3.66. The van der Waals surface area contributed by atoms with Crippen molar-refractivity contribution in [2.45, 2.75) is 13.0 Å². The van der Waals surface area contributed by atoms with Crippen molar-refractivity contribution in [3.05, 3.63) is 0 Å². The zero-order valence-corrected chi connectivity index (χ0v) is 4.47. The molecule has 0 heterocycles. The highest BCUT2D eigenvalue weighted by atomic mass is 16.2. The molecular formula is C4H7N2O2. The molecule has 0 aromatic heterocycles. The molecule has 0 bridgehead atoms. The number of hydrogen-bond acceptors (Lipinski definition) is 2. The molecular weight excluding hydrogens is 108 g/mol. The number of carbonyl (C=O) groups excluding carboxylic acids is 2. The summed E-state index contributed by atoms with van der Waals surface area (Å²) in [7, 11) is 0. The van der Waals surface area contributed by atoms with Gasteiger partial charge in [0.15, 0.2) is 0 Å². The molecule has 0 aliphatic heterocycles. The average molecular weight is 115 g/mol. The van der Waals surface area contributed by atoms with Gasteiger partial charge in [-0.25, -0.2) is 4.79 Å². The van der Waals surface area contributed by atoms with E-state index in [1.54, 1.807) is 0 Å². The fourth-order valence-electron chi connectivity index (χ4n) is 0.243. The number of urea groups is 1. The normalized spacial score (nSPS) is 12.1. The van der Waals surface area contributed by atoms with Gasteiger partial charge >= 0.3 is 6.03 Å². The largest absolute Gasteiger partial charge is 0.352 e. The molecule has 3 N–H and O–H groups in total. The molecule has 0 saturated heterocycles. The highest BCUT2D eigenvalue weighted by Gasteiger charge is 1.99. The van der Waals surface area contributed by atoms with E-state index in [9.17, 15) is 9.59 Å². The Morgan fingerprint density at radius 2 is 2.38 bits per heavy atom. The van der Waals surface area contributed by atoms with Crippen LogP contribution in [0.1, 0.15) is 6.92 Å². The third-order valence-electron chi connectivity index (χ3n) is 0.536. The van der Waals surface area contributed by atoms with Crippen molar-refractivity contribution in [2.24, 2.45) is 5.73 Å². The lowest BCUT2D eigenvalue weighted by atomic mass is 10.4. The van der Waals surface area contributed by atoms with Gasteiger partial charge in [-0.1, -0.05) is 0 Å². The molecule has 0 rings (SSSR count). The Kier molecular flexibility index (Phi) is 2.61. The molecule has 0 aromatic rings. The van der Waals surface area contributed by atoms with Gasteiger partial charge in [0.05, 0.1) is 6.04 Å². The van der Waals surface area contributed by atoms with E-state index in [0.29, 0.717) is 0 Å². The summed E-state index contributed by atoms with van der Waals surface area (Å²) >= 11 is 0. The van der Waals surface area contributed by atoms with E-state index in [1.807, 2.05) is 0 Å². The number of amides is 2. The third kappa shape index (κ3) is 3.14. The Morgan fingerprint density at radius 1 is 1.88 bits per heavy atom. The zero-order chi connectivity index (χ0) is 6.57. The van der Waals surface area contributed by atoms with Gasteiger partial charge in [-0.05, 0) is 6.92 Å². The third-order valence-corrected chi connectivity index (χ3v) is 0.536. The summed E-state index contributed by atoms with van der Waals surface area (Å²) in [6, 6.07) is -1.31. The van der Waals surface area contributed by atoms with E-state index in [-0.39, 0.29) is 0 Å². The summed E-state index contributed by atoms with van der Waals surface area (Å²) in [4.78, 5) is 19.5. The van der Waals surface area contributed by atoms with Crippen LogP contribution in [-0.2, 0) is 4.79 Å². The Bertz CT molecular complexity index is 102. The van der Waals surface area contributed by atoms with Gasteiger partial charge in [0.1, 0.15) is 0 Å². The Morgan fingerprint density at radius 3 is 2.50 bits per heavy atom. The first-order valence-corrected chi connectivity index (χ1v) is 2.10. The predicted molar refractivity (Wildman–Crippen MR) is 27.9 cm³/mol. The molecule has 4 heteroatoms. The Labute approximate surface area is 47.0 Å². The van der Waals surface area contributed by atoms with E-state index in [2.05, 4.69) is 11.1 Å². The first-order valence-electron chi connectivity index (χ1n) is 2.10. The Balaban J connectivity index is 3.38. The standard InChI is InChI=1S/C4H7N2O2/c1-3(2-7)6-4(5)8/h3H,1H3,(H3,5,6,8)/t3-/m0/s1. The molecule has 0 fully saturated rings. The van der Waals surface area contributed by atoms with Crippen molar-refractivity contribution in [1.82, 2.24) is 5.32 Å². The second kappa shape index (κ2) is 3.01. The van der Waals surface area contributed by atoms with Crippen LogP contribution in [0.25, 0.3) is 0 Å². The maximum Gasteiger partial charge on any atom is 0.312 e. The summed E-state index contributed by atoms with van der Waals surface area (Å²) in [5.74, 6) is 0. The number of rotatable bonds is 2. The minimum Gasteiger partial charge on any atom is -0.352 e. The van der Waals surface area contributed by atoms with Crippen LogP contribution in [0.4, 0.5) is 4.79 Å². The fourth-order valence-corrected chi connectivity index (χ4v) is 0.243. The smallest absolute Gasteiger partial charge is 0.312 e. The number of nitrogens with one attached hydrogen (secondary N) is 1. The molecule has 0 saturated carbocycles. The summed E-state index contributed by atoms with van der Waals surface area (Å²) in [6.07, 6.45) is 1.53. The van der Waals surface area contributed by atoms with Crippen molar-refractivity contribution >= 4 is 12.3 Å². The summed E-state index contributed by atoms with van der Waals surface area (Å²) < 4.78 is 0. The van der Waals surface area contributed by atoms with Gasteiger partial charge in [0, 0.05) is 0 Å². The molecule has 2 amide bonds. The van der Waals surface area contributed by atoms with E-state index in [4.69, 9.17) is 0 Å². The van der Waals surface area contributed by atoms with Crippen molar-refractivity contribution in [3.8, 4) is 0 Å². The first kappa shape index (κ1) is 6.94. The van der Waals surface area contributed by atoms with E-state index in [0.717, 1.165) is 0 Å². The molecule has 0 spiro atoms. The topological polar surface area (TPSA) is 72.2 Å². The van der Waals surface area contributed by atoms with Gasteiger partial charge in [-0.3, -0.25) is 4.79 Å². The second-order valence-electron chi connectivity index (χ2n) is 1.35. The van der Waals surface area contributed by atoms with Gasteiger partial charge in [0.2, 0.25) is 6.29 Å². The van der Waals surface area contributed by atoms with Gasteiger partial charge in [0.25, 0.3) is 0 Å². The van der Waals surface area contributed by atoms with Crippen LogP contribution in [0.3, 0.4) is 0 Å². The lowest BCUT2D eigenvalue weighted by Crippen LogP contribution is -2.37. The monoisotopic (exact) mass is 115 g/mol. The van der Waals surface area contributed by atoms with Crippen LogP contribution in [0, 0.1) is 0 Å². The van der Waals surface area contributed by atoms with Crippen LogP contribution in [0.2, 0.25) is 0 Å². The summed E-state index contributed by atoms with van der Waals surface area (Å²) in [5.41, 5.74) is 4.64. The van der Waals surface area contributed by atoms with Crippen LogP contribution in [-0.4, -0.2) is 18.4 Å². The molecule has 1 radical (unpaired) electrons. The zero-order valence-electron chi connectivity index (χ0n) is 4.47. The summed E-state index contributed by atoms with van der Waals surface area (Å²) in [5, 5.41) is 2.11. The highest BCUT2D eigenvalue weighted by Crippen LogP contribution is 1.69. The molecule has 0 aliphatic carbocycles. The number of primary amides is 1. The molecule has 0 unspecified atom stereocenters. The fraction of sp³-hybridized carbons (Fsp3) is 0.500. The maximum atomic E-state index is 9.90. The molecule has 0 aromatic carbocycles. The predicted octanol–water partition coefficient (Wildman–Crippen LogP) is -0.847. The van der Waals surface area contributed by atoms with Crippen LogP contribution >= 0.6 is 0 Å². The number of nitrogens with two attached hydrogens (primary N) is 1. The minimum atomic E-state index is -0.708. The summed E-state index contributed by atoms with van der Waals surface area (Å²) in [6.45, 7) is 1.48. The molecule has 4 nitrogen and oxygen atoms in total.